The fourth-order valence-electron chi connectivity index (χ4n) is 1.84. The Morgan fingerprint density at radius 3 is 2.59 bits per heavy atom. The molecule has 1 aromatic rings. The predicted molar refractivity (Wildman–Crippen MR) is 69.2 cm³/mol. The number of nitrogens with zero attached hydrogens (tertiary/aromatic N) is 1. The van der Waals surface area contributed by atoms with Crippen molar-refractivity contribution in [2.24, 2.45) is 0 Å². The van der Waals surface area contributed by atoms with Crippen molar-refractivity contribution < 1.29 is 9.53 Å². The van der Waals surface area contributed by atoms with E-state index >= 15 is 0 Å². The molecule has 1 N–H and O–H groups in total. The summed E-state index contributed by atoms with van der Waals surface area (Å²) in [6.07, 6.45) is 0.387. The van der Waals surface area contributed by atoms with Crippen LogP contribution in [0.4, 0.5) is 0 Å². The maximum atomic E-state index is 11.1. The van der Waals surface area contributed by atoms with Crippen LogP contribution in [-0.2, 0) is 9.53 Å². The lowest BCUT2D eigenvalue weighted by atomic mass is 10.1. The van der Waals surface area contributed by atoms with Gasteiger partial charge in [-0.2, -0.15) is 0 Å². The van der Waals surface area contributed by atoms with Crippen molar-refractivity contribution in [3.63, 3.8) is 0 Å². The quantitative estimate of drug-likeness (QED) is 0.822. The van der Waals surface area contributed by atoms with Crippen LogP contribution in [0.2, 0.25) is 0 Å². The minimum Gasteiger partial charge on any atom is -0.469 e. The van der Waals surface area contributed by atoms with Crippen molar-refractivity contribution in [1.29, 1.82) is 0 Å². The Morgan fingerprint density at radius 2 is 2.12 bits per heavy atom. The van der Waals surface area contributed by atoms with Gasteiger partial charge < -0.3 is 10.1 Å². The zero-order chi connectivity index (χ0) is 13.0. The highest BCUT2D eigenvalue weighted by atomic mass is 32.1. The summed E-state index contributed by atoms with van der Waals surface area (Å²) in [6, 6.07) is 0.306. The van der Waals surface area contributed by atoms with Gasteiger partial charge in [-0.15, -0.1) is 11.3 Å². The molecule has 0 aliphatic rings. The Balaban J connectivity index is 2.57. The molecular formula is C12H20N2O2S. The van der Waals surface area contributed by atoms with E-state index in [2.05, 4.69) is 22.0 Å². The van der Waals surface area contributed by atoms with Crippen LogP contribution in [-0.4, -0.2) is 24.1 Å². The average molecular weight is 256 g/mol. The zero-order valence-corrected chi connectivity index (χ0v) is 11.9. The van der Waals surface area contributed by atoms with Gasteiger partial charge in [-0.25, -0.2) is 4.98 Å². The van der Waals surface area contributed by atoms with Crippen LogP contribution in [0, 0.1) is 13.8 Å². The number of hydrogen-bond donors (Lipinski definition) is 1. The van der Waals surface area contributed by atoms with E-state index < -0.39 is 0 Å². The van der Waals surface area contributed by atoms with E-state index in [1.54, 1.807) is 11.3 Å². The molecule has 0 radical (unpaired) electrons. The largest absolute Gasteiger partial charge is 0.469 e. The van der Waals surface area contributed by atoms with Gasteiger partial charge in [-0.3, -0.25) is 4.79 Å². The maximum Gasteiger partial charge on any atom is 0.307 e. The molecule has 0 amide bonds. The highest BCUT2D eigenvalue weighted by molar-refractivity contribution is 7.11. The number of carbonyl (C=O) groups excluding carboxylic acids is 1. The summed E-state index contributed by atoms with van der Waals surface area (Å²) in [4.78, 5) is 16.8. The molecule has 0 spiro atoms. The van der Waals surface area contributed by atoms with Crippen molar-refractivity contribution in [2.75, 3.05) is 7.11 Å². The molecule has 0 aliphatic heterocycles. The molecule has 5 heteroatoms. The first-order valence-corrected chi connectivity index (χ1v) is 6.52. The van der Waals surface area contributed by atoms with Crippen molar-refractivity contribution in [1.82, 2.24) is 10.3 Å². The Morgan fingerprint density at radius 1 is 1.47 bits per heavy atom. The predicted octanol–water partition coefficient (Wildman–Crippen LogP) is 2.36. The van der Waals surface area contributed by atoms with Gasteiger partial charge in [0.15, 0.2) is 0 Å². The maximum absolute atomic E-state index is 11.1. The second-order valence-corrected chi connectivity index (χ2v) is 5.49. The van der Waals surface area contributed by atoms with Crippen LogP contribution in [0.5, 0.6) is 0 Å². The van der Waals surface area contributed by atoms with E-state index in [0.717, 1.165) is 10.7 Å². The van der Waals surface area contributed by atoms with Crippen molar-refractivity contribution >= 4 is 17.3 Å². The first-order chi connectivity index (χ1) is 7.93. The van der Waals surface area contributed by atoms with E-state index in [-0.39, 0.29) is 18.1 Å². The smallest absolute Gasteiger partial charge is 0.307 e. The molecule has 2 unspecified atom stereocenters. The number of methoxy groups -OCH3 is 1. The lowest BCUT2D eigenvalue weighted by Gasteiger charge is -2.18. The number of hydrogen-bond acceptors (Lipinski definition) is 5. The lowest BCUT2D eigenvalue weighted by molar-refractivity contribution is -0.141. The summed E-state index contributed by atoms with van der Waals surface area (Å²) < 4.78 is 4.65. The van der Waals surface area contributed by atoms with Gasteiger partial charge in [-0.05, 0) is 27.7 Å². The number of carbonyl (C=O) groups is 1. The van der Waals surface area contributed by atoms with Crippen LogP contribution < -0.4 is 5.32 Å². The molecule has 2 atom stereocenters. The van der Waals surface area contributed by atoms with Crippen LogP contribution in [0.1, 0.15) is 41.9 Å². The Labute approximate surface area is 106 Å². The first kappa shape index (κ1) is 14.1. The fraction of sp³-hybridized carbons (Fsp3) is 0.667. The summed E-state index contributed by atoms with van der Waals surface area (Å²) in [6.45, 7) is 8.10. The molecule has 1 aromatic heterocycles. The van der Waals surface area contributed by atoms with Crippen molar-refractivity contribution in [3.05, 3.63) is 15.6 Å². The van der Waals surface area contributed by atoms with Crippen LogP contribution in [0.25, 0.3) is 0 Å². The van der Waals surface area contributed by atoms with E-state index in [1.165, 1.54) is 12.0 Å². The van der Waals surface area contributed by atoms with Crippen LogP contribution >= 0.6 is 11.3 Å². The van der Waals surface area contributed by atoms with Gasteiger partial charge >= 0.3 is 5.97 Å². The monoisotopic (exact) mass is 256 g/mol. The second-order valence-electron chi connectivity index (χ2n) is 4.25. The van der Waals surface area contributed by atoms with E-state index in [9.17, 15) is 4.79 Å². The summed E-state index contributed by atoms with van der Waals surface area (Å²) in [5.74, 6) is -0.186. The molecule has 17 heavy (non-hydrogen) atoms. The minimum absolute atomic E-state index is 0.0965. The number of nitrogens with one attached hydrogen (secondary N) is 1. The van der Waals surface area contributed by atoms with Gasteiger partial charge in [-0.1, -0.05) is 0 Å². The normalized spacial score (nSPS) is 14.4. The Bertz CT molecular complexity index is 390. The molecule has 0 aromatic carbocycles. The van der Waals surface area contributed by atoms with Crippen LogP contribution in [0.3, 0.4) is 0 Å². The minimum atomic E-state index is -0.186. The van der Waals surface area contributed by atoms with Crippen molar-refractivity contribution in [2.45, 2.75) is 46.2 Å². The van der Waals surface area contributed by atoms with Gasteiger partial charge in [0.1, 0.15) is 0 Å². The molecule has 0 aliphatic carbocycles. The van der Waals surface area contributed by atoms with E-state index in [0.29, 0.717) is 6.42 Å². The molecular weight excluding hydrogens is 236 g/mol. The molecule has 0 saturated heterocycles. The molecule has 96 valence electrons. The third-order valence-corrected chi connectivity index (χ3v) is 3.82. The van der Waals surface area contributed by atoms with Gasteiger partial charge in [0, 0.05) is 17.0 Å². The molecule has 0 fully saturated rings. The molecule has 0 bridgehead atoms. The van der Waals surface area contributed by atoms with Gasteiger partial charge in [0.2, 0.25) is 0 Å². The third kappa shape index (κ3) is 4.09. The number of rotatable bonds is 5. The molecule has 1 heterocycles. The zero-order valence-electron chi connectivity index (χ0n) is 11.0. The summed E-state index contributed by atoms with van der Waals surface area (Å²) in [7, 11) is 1.41. The highest BCUT2D eigenvalue weighted by Crippen LogP contribution is 2.24. The number of ether oxygens (including phenoxy) is 1. The summed E-state index contributed by atoms with van der Waals surface area (Å²) in [5, 5.41) is 4.46. The summed E-state index contributed by atoms with van der Waals surface area (Å²) >= 11 is 1.70. The highest BCUT2D eigenvalue weighted by Gasteiger charge is 2.16. The lowest BCUT2D eigenvalue weighted by Crippen LogP contribution is -2.31. The number of aryl methyl sites for hydroxylation is 2. The van der Waals surface area contributed by atoms with Gasteiger partial charge in [0.05, 0.1) is 24.2 Å². The molecule has 0 saturated carbocycles. The number of esters is 1. The second kappa shape index (κ2) is 6.12. The SMILES string of the molecule is COC(=O)CC(C)NC(C)c1sc(C)nc1C. The molecule has 1 rings (SSSR count). The summed E-state index contributed by atoms with van der Waals surface area (Å²) in [5.41, 5.74) is 1.07. The van der Waals surface area contributed by atoms with E-state index in [1.807, 2.05) is 20.8 Å². The Hall–Kier alpha value is -0.940. The van der Waals surface area contributed by atoms with Gasteiger partial charge in [0.25, 0.3) is 0 Å². The third-order valence-electron chi connectivity index (χ3n) is 2.57. The van der Waals surface area contributed by atoms with Crippen LogP contribution in [0.15, 0.2) is 0 Å². The number of aromatic nitrogens is 1. The van der Waals surface area contributed by atoms with E-state index in [4.69, 9.17) is 0 Å². The average Bonchev–Trinajstić information content (AvgIpc) is 2.57. The molecule has 4 nitrogen and oxygen atoms in total. The standard InChI is InChI=1S/C12H20N2O2S/c1-7(6-11(15)16-5)13-8(2)12-9(3)14-10(4)17-12/h7-8,13H,6H2,1-5H3. The van der Waals surface area contributed by atoms with Crippen molar-refractivity contribution in [3.8, 4) is 0 Å². The number of thiazole rings is 1. The topological polar surface area (TPSA) is 51.2 Å². The Kier molecular flexibility index (Phi) is 5.08. The first-order valence-electron chi connectivity index (χ1n) is 5.70. The fourth-order valence-corrected chi connectivity index (χ4v) is 2.78.